The molecule has 2 atom stereocenters. The number of hydrogen-bond donors (Lipinski definition) is 0. The summed E-state index contributed by atoms with van der Waals surface area (Å²) in [6, 6.07) is 0. The van der Waals surface area contributed by atoms with Crippen molar-refractivity contribution in [3.8, 4) is 0 Å². The van der Waals surface area contributed by atoms with E-state index in [1.165, 1.54) is 57.8 Å². The molecule has 0 radical (unpaired) electrons. The van der Waals surface area contributed by atoms with Crippen LogP contribution in [0.3, 0.4) is 0 Å². The fourth-order valence-corrected chi connectivity index (χ4v) is 5.34. The first-order chi connectivity index (χ1) is 10.8. The SMILES string of the molecule is CCCCCC1CCC([C@@H]2CCC[C@@H](CCCCC)C2)CC1. The molecule has 0 nitrogen and oxygen atoms in total. The standard InChI is InChI=1S/C22H42/c1-3-5-7-10-19-14-16-21(17-15-19)22-13-9-12-20(18-22)11-8-6-4-2/h19-22H,3-18H2,1-2H3/t19?,20-,21?,22-/m1/s1. The Balaban J connectivity index is 1.65. The van der Waals surface area contributed by atoms with Crippen molar-refractivity contribution in [2.24, 2.45) is 23.7 Å². The van der Waals surface area contributed by atoms with E-state index in [1.807, 2.05) is 0 Å². The Morgan fingerprint density at radius 2 is 1.23 bits per heavy atom. The second-order valence-corrected chi connectivity index (χ2v) is 8.57. The van der Waals surface area contributed by atoms with E-state index < -0.39 is 0 Å². The normalized spacial score (nSPS) is 33.0. The molecule has 0 spiro atoms. The largest absolute Gasteiger partial charge is 0.0654 e. The highest BCUT2D eigenvalue weighted by molar-refractivity contribution is 4.82. The molecular weight excluding hydrogens is 264 g/mol. The molecule has 0 saturated heterocycles. The van der Waals surface area contributed by atoms with Gasteiger partial charge in [-0.15, -0.1) is 0 Å². The highest BCUT2D eigenvalue weighted by Crippen LogP contribution is 2.43. The zero-order valence-electron chi connectivity index (χ0n) is 15.6. The van der Waals surface area contributed by atoms with Crippen molar-refractivity contribution in [1.29, 1.82) is 0 Å². The van der Waals surface area contributed by atoms with Crippen LogP contribution in [0.2, 0.25) is 0 Å². The molecule has 0 amide bonds. The summed E-state index contributed by atoms with van der Waals surface area (Å²) in [6.07, 6.45) is 24.3. The average molecular weight is 307 g/mol. The summed E-state index contributed by atoms with van der Waals surface area (Å²) in [6.45, 7) is 4.67. The molecule has 2 aliphatic rings. The maximum Gasteiger partial charge on any atom is -0.0383 e. The van der Waals surface area contributed by atoms with Crippen LogP contribution in [-0.4, -0.2) is 0 Å². The van der Waals surface area contributed by atoms with Crippen LogP contribution in [0.1, 0.15) is 117 Å². The summed E-state index contributed by atoms with van der Waals surface area (Å²) in [5, 5.41) is 0. The topological polar surface area (TPSA) is 0 Å². The highest BCUT2D eigenvalue weighted by atomic mass is 14.4. The molecule has 0 aromatic heterocycles. The van der Waals surface area contributed by atoms with Gasteiger partial charge in [0.15, 0.2) is 0 Å². The van der Waals surface area contributed by atoms with Crippen LogP contribution < -0.4 is 0 Å². The zero-order chi connectivity index (χ0) is 15.6. The molecule has 0 aliphatic heterocycles. The molecule has 0 heterocycles. The van der Waals surface area contributed by atoms with Gasteiger partial charge in [0.2, 0.25) is 0 Å². The Labute approximate surface area is 140 Å². The van der Waals surface area contributed by atoms with Crippen molar-refractivity contribution in [1.82, 2.24) is 0 Å². The molecule has 0 bridgehead atoms. The number of unbranched alkanes of at least 4 members (excludes halogenated alkanes) is 4. The van der Waals surface area contributed by atoms with E-state index in [9.17, 15) is 0 Å². The summed E-state index contributed by atoms with van der Waals surface area (Å²) >= 11 is 0. The van der Waals surface area contributed by atoms with Gasteiger partial charge in [0.1, 0.15) is 0 Å². The van der Waals surface area contributed by atoms with Crippen LogP contribution in [-0.2, 0) is 0 Å². The molecule has 0 N–H and O–H groups in total. The zero-order valence-corrected chi connectivity index (χ0v) is 15.6. The molecule has 22 heavy (non-hydrogen) atoms. The first kappa shape index (κ1) is 18.3. The maximum atomic E-state index is 2.34. The van der Waals surface area contributed by atoms with Gasteiger partial charge in [-0.25, -0.2) is 0 Å². The average Bonchev–Trinajstić information content (AvgIpc) is 2.56. The van der Waals surface area contributed by atoms with Crippen LogP contribution in [0.5, 0.6) is 0 Å². The predicted molar refractivity (Wildman–Crippen MR) is 99.2 cm³/mol. The number of rotatable bonds is 9. The predicted octanol–water partition coefficient (Wildman–Crippen LogP) is 7.76. The molecule has 2 saturated carbocycles. The summed E-state index contributed by atoms with van der Waals surface area (Å²) < 4.78 is 0. The van der Waals surface area contributed by atoms with E-state index in [0.29, 0.717) is 0 Å². The van der Waals surface area contributed by atoms with E-state index >= 15 is 0 Å². The molecule has 2 rings (SSSR count). The minimum atomic E-state index is 1.09. The third kappa shape index (κ3) is 6.25. The van der Waals surface area contributed by atoms with Crippen molar-refractivity contribution in [3.63, 3.8) is 0 Å². The second-order valence-electron chi connectivity index (χ2n) is 8.57. The molecule has 2 aliphatic carbocycles. The Hall–Kier alpha value is 0. The second kappa shape index (κ2) is 10.7. The smallest absolute Gasteiger partial charge is 0.0383 e. The third-order valence-electron chi connectivity index (χ3n) is 6.81. The Morgan fingerprint density at radius 1 is 0.591 bits per heavy atom. The van der Waals surface area contributed by atoms with Gasteiger partial charge in [0.05, 0.1) is 0 Å². The van der Waals surface area contributed by atoms with Gasteiger partial charge in [-0.3, -0.25) is 0 Å². The lowest BCUT2D eigenvalue weighted by atomic mass is 9.67. The first-order valence-corrected chi connectivity index (χ1v) is 10.8. The van der Waals surface area contributed by atoms with Crippen LogP contribution in [0.15, 0.2) is 0 Å². The van der Waals surface area contributed by atoms with Gasteiger partial charge in [0.25, 0.3) is 0 Å². The van der Waals surface area contributed by atoms with E-state index in [4.69, 9.17) is 0 Å². The van der Waals surface area contributed by atoms with E-state index in [2.05, 4.69) is 13.8 Å². The summed E-state index contributed by atoms with van der Waals surface area (Å²) in [5.41, 5.74) is 0. The van der Waals surface area contributed by atoms with Crippen molar-refractivity contribution in [2.45, 2.75) is 117 Å². The minimum Gasteiger partial charge on any atom is -0.0654 e. The van der Waals surface area contributed by atoms with E-state index in [-0.39, 0.29) is 0 Å². The molecular formula is C22H42. The van der Waals surface area contributed by atoms with Crippen molar-refractivity contribution in [3.05, 3.63) is 0 Å². The van der Waals surface area contributed by atoms with Gasteiger partial charge in [-0.1, -0.05) is 97.3 Å². The molecule has 0 aromatic rings. The Morgan fingerprint density at radius 3 is 1.86 bits per heavy atom. The molecule has 2 fully saturated rings. The minimum absolute atomic E-state index is 1.09. The molecule has 0 heteroatoms. The Kier molecular flexibility index (Phi) is 8.93. The fourth-order valence-electron chi connectivity index (χ4n) is 5.34. The fraction of sp³-hybridized carbons (Fsp3) is 1.00. The molecule has 0 aromatic carbocycles. The van der Waals surface area contributed by atoms with Crippen LogP contribution in [0.4, 0.5) is 0 Å². The Bertz CT molecular complexity index is 261. The van der Waals surface area contributed by atoms with Gasteiger partial charge >= 0.3 is 0 Å². The van der Waals surface area contributed by atoms with Gasteiger partial charge in [-0.2, -0.15) is 0 Å². The van der Waals surface area contributed by atoms with E-state index in [0.717, 1.165) is 23.7 Å². The van der Waals surface area contributed by atoms with Crippen LogP contribution >= 0.6 is 0 Å². The van der Waals surface area contributed by atoms with Crippen LogP contribution in [0.25, 0.3) is 0 Å². The summed E-state index contributed by atoms with van der Waals surface area (Å²) in [7, 11) is 0. The molecule has 0 unspecified atom stereocenters. The van der Waals surface area contributed by atoms with Gasteiger partial charge in [-0.05, 0) is 42.9 Å². The van der Waals surface area contributed by atoms with Crippen molar-refractivity contribution in [2.75, 3.05) is 0 Å². The monoisotopic (exact) mass is 306 g/mol. The number of hydrogen-bond acceptors (Lipinski definition) is 0. The highest BCUT2D eigenvalue weighted by Gasteiger charge is 2.31. The molecule has 130 valence electrons. The summed E-state index contributed by atoms with van der Waals surface area (Å²) in [5.74, 6) is 4.40. The van der Waals surface area contributed by atoms with Gasteiger partial charge in [0, 0.05) is 0 Å². The van der Waals surface area contributed by atoms with Crippen molar-refractivity contribution >= 4 is 0 Å². The van der Waals surface area contributed by atoms with Crippen molar-refractivity contribution < 1.29 is 0 Å². The lowest BCUT2D eigenvalue weighted by Crippen LogP contribution is -2.26. The summed E-state index contributed by atoms with van der Waals surface area (Å²) in [4.78, 5) is 0. The van der Waals surface area contributed by atoms with Gasteiger partial charge < -0.3 is 0 Å². The lowest BCUT2D eigenvalue weighted by Gasteiger charge is -2.38. The lowest BCUT2D eigenvalue weighted by molar-refractivity contribution is 0.132. The first-order valence-electron chi connectivity index (χ1n) is 10.8. The van der Waals surface area contributed by atoms with E-state index in [1.54, 1.807) is 44.9 Å². The quantitative estimate of drug-likeness (QED) is 0.382. The maximum absolute atomic E-state index is 2.34. The van der Waals surface area contributed by atoms with Crippen LogP contribution in [0, 0.1) is 23.7 Å². The third-order valence-corrected chi connectivity index (χ3v) is 6.81.